The van der Waals surface area contributed by atoms with E-state index in [0.717, 1.165) is 24.8 Å². The number of nitrogens with one attached hydrogen (secondary N) is 1. The van der Waals surface area contributed by atoms with Crippen molar-refractivity contribution in [3.05, 3.63) is 54.0 Å². The molecule has 0 saturated carbocycles. The SMILES string of the molecule is Cc1ccc(S(=O)(=O)C(CNC(=O)CC2CCCCO2)c2ccco2)cc1. The monoisotopic (exact) mass is 391 g/mol. The number of carbonyl (C=O) groups excluding carboxylic acids is 1. The van der Waals surface area contributed by atoms with Gasteiger partial charge in [-0.15, -0.1) is 0 Å². The maximum atomic E-state index is 13.1. The Kier molecular flexibility index (Phi) is 6.34. The van der Waals surface area contributed by atoms with Gasteiger partial charge in [-0.05, 0) is 50.5 Å². The molecule has 0 radical (unpaired) electrons. The second kappa shape index (κ2) is 8.71. The van der Waals surface area contributed by atoms with Crippen LogP contribution in [0.3, 0.4) is 0 Å². The average molecular weight is 391 g/mol. The number of carbonyl (C=O) groups is 1. The van der Waals surface area contributed by atoms with Gasteiger partial charge in [0.1, 0.15) is 11.0 Å². The summed E-state index contributed by atoms with van der Waals surface area (Å²) in [5.74, 6) is 0.0994. The Balaban J connectivity index is 1.72. The lowest BCUT2D eigenvalue weighted by atomic mass is 10.1. The first-order chi connectivity index (χ1) is 13.0. The molecule has 2 unspecified atom stereocenters. The number of rotatable bonds is 7. The number of ether oxygens (including phenoxy) is 1. The van der Waals surface area contributed by atoms with Crippen LogP contribution in [0.2, 0.25) is 0 Å². The fourth-order valence-electron chi connectivity index (χ4n) is 3.18. The zero-order valence-corrected chi connectivity index (χ0v) is 16.2. The highest BCUT2D eigenvalue weighted by atomic mass is 32.2. The van der Waals surface area contributed by atoms with E-state index < -0.39 is 15.1 Å². The zero-order valence-electron chi connectivity index (χ0n) is 15.4. The van der Waals surface area contributed by atoms with Crippen LogP contribution in [0.25, 0.3) is 0 Å². The summed E-state index contributed by atoms with van der Waals surface area (Å²) >= 11 is 0. The van der Waals surface area contributed by atoms with Gasteiger partial charge in [0, 0.05) is 13.2 Å². The fourth-order valence-corrected chi connectivity index (χ4v) is 4.77. The molecule has 1 aromatic carbocycles. The quantitative estimate of drug-likeness (QED) is 0.783. The number of hydrogen-bond acceptors (Lipinski definition) is 5. The van der Waals surface area contributed by atoms with Gasteiger partial charge in [0.05, 0.1) is 23.7 Å². The van der Waals surface area contributed by atoms with E-state index in [0.29, 0.717) is 12.4 Å². The highest BCUT2D eigenvalue weighted by Gasteiger charge is 2.32. The van der Waals surface area contributed by atoms with E-state index in [1.807, 2.05) is 6.92 Å². The van der Waals surface area contributed by atoms with E-state index in [4.69, 9.17) is 9.15 Å². The van der Waals surface area contributed by atoms with Gasteiger partial charge in [-0.3, -0.25) is 4.79 Å². The highest BCUT2D eigenvalue weighted by molar-refractivity contribution is 7.91. The van der Waals surface area contributed by atoms with Crippen molar-refractivity contribution in [2.75, 3.05) is 13.2 Å². The third-order valence-corrected chi connectivity index (χ3v) is 6.83. The Morgan fingerprint density at radius 2 is 2.00 bits per heavy atom. The standard InChI is InChI=1S/C20H25NO5S/c1-15-7-9-17(10-8-15)27(23,24)19(18-6-4-12-26-18)14-21-20(22)13-16-5-2-3-11-25-16/h4,6-10,12,16,19H,2-3,5,11,13-14H2,1H3,(H,21,22). The maximum absolute atomic E-state index is 13.1. The Labute approximate surface area is 159 Å². The van der Waals surface area contributed by atoms with Gasteiger partial charge >= 0.3 is 0 Å². The van der Waals surface area contributed by atoms with Crippen LogP contribution in [0, 0.1) is 6.92 Å². The highest BCUT2D eigenvalue weighted by Crippen LogP contribution is 2.29. The summed E-state index contributed by atoms with van der Waals surface area (Å²) in [7, 11) is -3.71. The normalized spacial score (nSPS) is 18.8. The summed E-state index contributed by atoms with van der Waals surface area (Å²) in [4.78, 5) is 12.5. The minimum absolute atomic E-state index is 0.0464. The molecule has 2 atom stereocenters. The molecule has 3 rings (SSSR count). The van der Waals surface area contributed by atoms with Gasteiger partial charge < -0.3 is 14.5 Å². The van der Waals surface area contributed by atoms with Gasteiger partial charge in [0.25, 0.3) is 0 Å². The summed E-state index contributed by atoms with van der Waals surface area (Å²) in [6, 6.07) is 9.93. The van der Waals surface area contributed by atoms with Crippen LogP contribution in [0.1, 0.15) is 42.3 Å². The van der Waals surface area contributed by atoms with Gasteiger partial charge in [-0.1, -0.05) is 17.7 Å². The van der Waals surface area contributed by atoms with Crippen LogP contribution in [0.5, 0.6) is 0 Å². The molecule has 0 spiro atoms. The van der Waals surface area contributed by atoms with Crippen LogP contribution in [-0.4, -0.2) is 33.6 Å². The predicted octanol–water partition coefficient (Wildman–Crippen LogP) is 3.18. The van der Waals surface area contributed by atoms with Gasteiger partial charge in [-0.25, -0.2) is 8.42 Å². The lowest BCUT2D eigenvalue weighted by Crippen LogP contribution is -2.34. The zero-order chi connectivity index (χ0) is 19.3. The van der Waals surface area contributed by atoms with E-state index in [1.54, 1.807) is 36.4 Å². The summed E-state index contributed by atoms with van der Waals surface area (Å²) in [6.45, 7) is 2.53. The van der Waals surface area contributed by atoms with Crippen molar-refractivity contribution < 1.29 is 22.4 Å². The molecule has 7 heteroatoms. The fraction of sp³-hybridized carbons (Fsp3) is 0.450. The Hall–Kier alpha value is -2.12. The molecule has 1 aromatic heterocycles. The third-order valence-electron chi connectivity index (χ3n) is 4.76. The maximum Gasteiger partial charge on any atom is 0.222 e. The number of hydrogen-bond donors (Lipinski definition) is 1. The number of furan rings is 1. The molecule has 2 heterocycles. The van der Waals surface area contributed by atoms with Crippen molar-refractivity contribution in [3.63, 3.8) is 0 Å². The summed E-state index contributed by atoms with van der Waals surface area (Å²) in [6.07, 6.45) is 4.52. The van der Waals surface area contributed by atoms with Crippen LogP contribution < -0.4 is 5.32 Å². The van der Waals surface area contributed by atoms with Crippen molar-refractivity contribution in [1.82, 2.24) is 5.32 Å². The average Bonchev–Trinajstić information content (AvgIpc) is 3.17. The first-order valence-electron chi connectivity index (χ1n) is 9.19. The van der Waals surface area contributed by atoms with Crippen LogP contribution in [-0.2, 0) is 19.4 Å². The Bertz CT molecular complexity index is 837. The predicted molar refractivity (Wildman–Crippen MR) is 101 cm³/mol. The van der Waals surface area contributed by atoms with Crippen molar-refractivity contribution in [2.24, 2.45) is 0 Å². The lowest BCUT2D eigenvalue weighted by Gasteiger charge is -2.22. The second-order valence-electron chi connectivity index (χ2n) is 6.86. The van der Waals surface area contributed by atoms with Gasteiger partial charge in [-0.2, -0.15) is 0 Å². The Morgan fingerprint density at radius 1 is 1.22 bits per heavy atom. The molecule has 0 bridgehead atoms. The van der Waals surface area contributed by atoms with Gasteiger partial charge in [0.2, 0.25) is 5.91 Å². The molecule has 2 aromatic rings. The van der Waals surface area contributed by atoms with Crippen LogP contribution in [0.15, 0.2) is 52.0 Å². The van der Waals surface area contributed by atoms with Crippen molar-refractivity contribution in [3.8, 4) is 0 Å². The van der Waals surface area contributed by atoms with Crippen LogP contribution in [0.4, 0.5) is 0 Å². The van der Waals surface area contributed by atoms with Crippen molar-refractivity contribution >= 4 is 15.7 Å². The number of benzene rings is 1. The van der Waals surface area contributed by atoms with Gasteiger partial charge in [0.15, 0.2) is 9.84 Å². The molecule has 1 fully saturated rings. The minimum atomic E-state index is -3.71. The molecule has 1 saturated heterocycles. The molecule has 1 aliphatic heterocycles. The van der Waals surface area contributed by atoms with Crippen LogP contribution >= 0.6 is 0 Å². The summed E-state index contributed by atoms with van der Waals surface area (Å²) < 4.78 is 37.1. The van der Waals surface area contributed by atoms with E-state index in [-0.39, 0.29) is 29.9 Å². The van der Waals surface area contributed by atoms with E-state index >= 15 is 0 Å². The van der Waals surface area contributed by atoms with Crippen molar-refractivity contribution in [1.29, 1.82) is 0 Å². The lowest BCUT2D eigenvalue weighted by molar-refractivity contribution is -0.124. The molecule has 146 valence electrons. The number of sulfone groups is 1. The molecule has 1 aliphatic rings. The number of amides is 1. The van der Waals surface area contributed by atoms with Crippen molar-refractivity contribution in [2.45, 2.75) is 48.9 Å². The van der Waals surface area contributed by atoms with E-state index in [9.17, 15) is 13.2 Å². The third kappa shape index (κ3) is 4.99. The second-order valence-corrected chi connectivity index (χ2v) is 8.99. The first-order valence-corrected chi connectivity index (χ1v) is 10.7. The topological polar surface area (TPSA) is 85.6 Å². The number of aryl methyl sites for hydroxylation is 1. The Morgan fingerprint density at radius 3 is 2.63 bits per heavy atom. The molecular weight excluding hydrogens is 366 g/mol. The molecule has 1 N–H and O–H groups in total. The first kappa shape index (κ1) is 19.6. The summed E-state index contributed by atoms with van der Waals surface area (Å²) in [5, 5.41) is 1.77. The summed E-state index contributed by atoms with van der Waals surface area (Å²) in [5.41, 5.74) is 0.976. The van der Waals surface area contributed by atoms with E-state index in [2.05, 4.69) is 5.32 Å². The molecule has 27 heavy (non-hydrogen) atoms. The molecule has 0 aliphatic carbocycles. The minimum Gasteiger partial charge on any atom is -0.468 e. The van der Waals surface area contributed by atoms with E-state index in [1.165, 1.54) is 6.26 Å². The smallest absolute Gasteiger partial charge is 0.222 e. The molecule has 6 nitrogen and oxygen atoms in total. The molecule has 1 amide bonds. The largest absolute Gasteiger partial charge is 0.468 e. The molecular formula is C20H25NO5S.